The lowest BCUT2D eigenvalue weighted by atomic mass is 9.76. The minimum Gasteiger partial charge on any atom is -0.497 e. The van der Waals surface area contributed by atoms with Gasteiger partial charge < -0.3 is 29.2 Å². The third kappa shape index (κ3) is 3.02. The molecule has 2 fully saturated rings. The second-order valence-corrected chi connectivity index (χ2v) is 8.08. The molecule has 8 heteroatoms. The Balaban J connectivity index is 1.41. The predicted molar refractivity (Wildman–Crippen MR) is 117 cm³/mol. The number of rotatable bonds is 6. The van der Waals surface area contributed by atoms with E-state index < -0.39 is 23.5 Å². The molecule has 2 amide bonds. The van der Waals surface area contributed by atoms with E-state index >= 15 is 0 Å². The van der Waals surface area contributed by atoms with Crippen LogP contribution in [0.3, 0.4) is 0 Å². The first-order valence-corrected chi connectivity index (χ1v) is 10.3. The number of nitrogens with one attached hydrogen (secondary N) is 1. The van der Waals surface area contributed by atoms with Crippen LogP contribution in [0.25, 0.3) is 0 Å². The van der Waals surface area contributed by atoms with Crippen LogP contribution in [0, 0.1) is 11.8 Å². The largest absolute Gasteiger partial charge is 0.497 e. The number of amides is 2. The van der Waals surface area contributed by atoms with Crippen LogP contribution in [-0.4, -0.2) is 51.4 Å². The van der Waals surface area contributed by atoms with E-state index in [4.69, 9.17) is 18.9 Å². The molecule has 0 radical (unpaired) electrons. The number of benzene rings is 2. The Bertz CT molecular complexity index is 1100. The summed E-state index contributed by atoms with van der Waals surface area (Å²) in [6.07, 6.45) is 3.38. The Kier molecular flexibility index (Phi) is 4.82. The Labute approximate surface area is 185 Å². The molecule has 32 heavy (non-hydrogen) atoms. The number of ether oxygens (including phenoxy) is 4. The molecule has 5 rings (SSSR count). The molecule has 8 nitrogen and oxygen atoms in total. The molecule has 0 aliphatic carbocycles. The smallest absolute Gasteiger partial charge is 0.234 e. The molecule has 166 valence electrons. The van der Waals surface area contributed by atoms with E-state index in [1.54, 1.807) is 37.3 Å². The monoisotopic (exact) mass is 436 g/mol. The van der Waals surface area contributed by atoms with Crippen molar-refractivity contribution in [1.82, 2.24) is 0 Å². The van der Waals surface area contributed by atoms with Gasteiger partial charge in [-0.05, 0) is 36.4 Å². The minimum absolute atomic E-state index is 0.121. The van der Waals surface area contributed by atoms with Gasteiger partial charge in [0.2, 0.25) is 11.8 Å². The SMILES string of the molecule is COc1ccc(N2C[C@@]34C=C[C@H](O3)C(C(=O)Nc3ccc(OC)cc3OC)[C@H]4C2=O)cc1. The highest BCUT2D eigenvalue weighted by Crippen LogP contribution is 2.53. The van der Waals surface area contributed by atoms with Gasteiger partial charge in [-0.2, -0.15) is 0 Å². The van der Waals surface area contributed by atoms with Crippen LogP contribution in [0.1, 0.15) is 0 Å². The number of fused-ring (bicyclic) bond motifs is 1. The highest BCUT2D eigenvalue weighted by Gasteiger charge is 2.67. The van der Waals surface area contributed by atoms with E-state index in [0.29, 0.717) is 29.5 Å². The molecule has 3 heterocycles. The molecule has 4 atom stereocenters. The molecule has 3 aliphatic heterocycles. The molecule has 2 aromatic carbocycles. The summed E-state index contributed by atoms with van der Waals surface area (Å²) in [4.78, 5) is 28.5. The van der Waals surface area contributed by atoms with Gasteiger partial charge in [-0.1, -0.05) is 12.2 Å². The van der Waals surface area contributed by atoms with Crippen LogP contribution in [0.2, 0.25) is 0 Å². The summed E-state index contributed by atoms with van der Waals surface area (Å²) in [5.41, 5.74) is 0.459. The van der Waals surface area contributed by atoms with E-state index in [1.165, 1.54) is 7.11 Å². The van der Waals surface area contributed by atoms with Crippen molar-refractivity contribution in [1.29, 1.82) is 0 Å². The van der Waals surface area contributed by atoms with Crippen LogP contribution in [0.5, 0.6) is 17.2 Å². The highest BCUT2D eigenvalue weighted by molar-refractivity contribution is 6.05. The first kappa shape index (κ1) is 20.4. The van der Waals surface area contributed by atoms with Crippen molar-refractivity contribution in [2.24, 2.45) is 11.8 Å². The van der Waals surface area contributed by atoms with Gasteiger partial charge in [-0.25, -0.2) is 0 Å². The average Bonchev–Trinajstić information content (AvgIpc) is 3.47. The van der Waals surface area contributed by atoms with Crippen molar-refractivity contribution in [3.63, 3.8) is 0 Å². The molecule has 2 bridgehead atoms. The Morgan fingerprint density at radius 1 is 1.06 bits per heavy atom. The summed E-state index contributed by atoms with van der Waals surface area (Å²) in [6.45, 7) is 0.367. The quantitative estimate of drug-likeness (QED) is 0.701. The van der Waals surface area contributed by atoms with Gasteiger partial charge in [0.15, 0.2) is 0 Å². The van der Waals surface area contributed by atoms with Crippen molar-refractivity contribution in [2.75, 3.05) is 38.1 Å². The summed E-state index contributed by atoms with van der Waals surface area (Å²) >= 11 is 0. The van der Waals surface area contributed by atoms with Gasteiger partial charge in [0, 0.05) is 11.8 Å². The van der Waals surface area contributed by atoms with Gasteiger partial charge >= 0.3 is 0 Å². The maximum Gasteiger partial charge on any atom is 0.234 e. The topological polar surface area (TPSA) is 86.3 Å². The van der Waals surface area contributed by atoms with E-state index in [1.807, 2.05) is 36.4 Å². The highest BCUT2D eigenvalue weighted by atomic mass is 16.5. The molecule has 1 N–H and O–H groups in total. The molecule has 0 aromatic heterocycles. The first-order valence-electron chi connectivity index (χ1n) is 10.3. The van der Waals surface area contributed by atoms with Gasteiger partial charge in [0.05, 0.1) is 51.5 Å². The molecular weight excluding hydrogens is 412 g/mol. The summed E-state index contributed by atoms with van der Waals surface area (Å²) in [7, 11) is 4.68. The van der Waals surface area contributed by atoms with Crippen LogP contribution in [-0.2, 0) is 14.3 Å². The lowest BCUT2D eigenvalue weighted by molar-refractivity contribution is -0.128. The molecule has 3 aliphatic rings. The second kappa shape index (κ2) is 7.56. The van der Waals surface area contributed by atoms with Crippen molar-refractivity contribution >= 4 is 23.2 Å². The minimum atomic E-state index is -0.798. The third-order valence-corrected chi connectivity index (χ3v) is 6.45. The lowest BCUT2D eigenvalue weighted by Gasteiger charge is -2.24. The third-order valence-electron chi connectivity index (χ3n) is 6.45. The Morgan fingerprint density at radius 3 is 2.47 bits per heavy atom. The molecular formula is C24H24N2O6. The van der Waals surface area contributed by atoms with Crippen molar-refractivity contribution < 1.29 is 28.5 Å². The zero-order chi connectivity index (χ0) is 22.5. The Hall–Kier alpha value is -3.52. The normalized spacial score (nSPS) is 27.4. The number of nitrogens with zero attached hydrogens (tertiary/aromatic N) is 1. The summed E-state index contributed by atoms with van der Waals surface area (Å²) in [6, 6.07) is 12.4. The van der Waals surface area contributed by atoms with Crippen molar-refractivity contribution in [3.8, 4) is 17.2 Å². The van der Waals surface area contributed by atoms with E-state index in [-0.39, 0.29) is 11.8 Å². The first-order chi connectivity index (χ1) is 15.5. The second-order valence-electron chi connectivity index (χ2n) is 8.08. The summed E-state index contributed by atoms with van der Waals surface area (Å²) in [5, 5.41) is 2.92. The maximum atomic E-state index is 13.5. The lowest BCUT2D eigenvalue weighted by Crippen LogP contribution is -2.41. The van der Waals surface area contributed by atoms with Crippen LogP contribution >= 0.6 is 0 Å². The molecule has 2 aromatic rings. The number of anilines is 2. The number of carbonyl (C=O) groups excluding carboxylic acids is 2. The van der Waals surface area contributed by atoms with Crippen molar-refractivity contribution in [2.45, 2.75) is 11.7 Å². The molecule has 1 spiro atoms. The molecule has 0 saturated carbocycles. The zero-order valence-electron chi connectivity index (χ0n) is 18.0. The maximum absolute atomic E-state index is 13.5. The average molecular weight is 436 g/mol. The standard InChI is InChI=1S/C24H24N2O6/c1-29-15-6-4-14(5-7-15)26-13-24-11-10-18(32-24)20(21(24)23(26)28)22(27)25-17-9-8-16(30-2)12-19(17)31-3/h4-12,18,20-21H,13H2,1-3H3,(H,25,27)/t18-,20?,21-,24+/m0/s1. The number of hydrogen-bond acceptors (Lipinski definition) is 6. The van der Waals surface area contributed by atoms with Gasteiger partial charge in [0.25, 0.3) is 0 Å². The molecule has 2 saturated heterocycles. The predicted octanol–water partition coefficient (Wildman–Crippen LogP) is 2.64. The van der Waals surface area contributed by atoms with E-state index in [9.17, 15) is 9.59 Å². The number of methoxy groups -OCH3 is 3. The van der Waals surface area contributed by atoms with Gasteiger partial charge in [-0.15, -0.1) is 0 Å². The zero-order valence-corrected chi connectivity index (χ0v) is 18.0. The van der Waals surface area contributed by atoms with Crippen LogP contribution < -0.4 is 24.4 Å². The number of hydrogen-bond donors (Lipinski definition) is 1. The fourth-order valence-corrected chi connectivity index (χ4v) is 4.90. The summed E-state index contributed by atoms with van der Waals surface area (Å²) in [5.74, 6) is 0.173. The molecule has 1 unspecified atom stereocenters. The Morgan fingerprint density at radius 2 is 1.78 bits per heavy atom. The fraction of sp³-hybridized carbons (Fsp3) is 0.333. The van der Waals surface area contributed by atoms with Gasteiger partial charge in [0.1, 0.15) is 22.8 Å². The van der Waals surface area contributed by atoms with Crippen LogP contribution in [0.4, 0.5) is 11.4 Å². The number of carbonyl (C=O) groups is 2. The van der Waals surface area contributed by atoms with Gasteiger partial charge in [-0.3, -0.25) is 9.59 Å². The van der Waals surface area contributed by atoms with Crippen molar-refractivity contribution in [3.05, 3.63) is 54.6 Å². The van der Waals surface area contributed by atoms with Crippen LogP contribution in [0.15, 0.2) is 54.6 Å². The van der Waals surface area contributed by atoms with E-state index in [0.717, 1.165) is 5.69 Å². The summed E-state index contributed by atoms with van der Waals surface area (Å²) < 4.78 is 22.0. The fourth-order valence-electron chi connectivity index (χ4n) is 4.90. The van der Waals surface area contributed by atoms with E-state index in [2.05, 4.69) is 5.32 Å².